The highest BCUT2D eigenvalue weighted by atomic mass is 35.5. The van der Waals surface area contributed by atoms with E-state index < -0.39 is 0 Å². The maximum atomic E-state index is 9.53. The van der Waals surface area contributed by atoms with E-state index >= 15 is 0 Å². The van der Waals surface area contributed by atoms with Crippen LogP contribution in [0.3, 0.4) is 0 Å². The zero-order valence-electron chi connectivity index (χ0n) is 9.15. The summed E-state index contributed by atoms with van der Waals surface area (Å²) < 4.78 is 1.99. The molecule has 1 fully saturated rings. The minimum Gasteiger partial charge on any atom is -0.393 e. The van der Waals surface area contributed by atoms with Crippen molar-refractivity contribution in [1.82, 2.24) is 19.5 Å². The molecule has 1 aliphatic carbocycles. The fourth-order valence-electron chi connectivity index (χ4n) is 2.32. The normalized spacial score (nSPS) is 23.8. The molecule has 2 aromatic rings. The minimum absolute atomic E-state index is 0. The molecule has 0 saturated heterocycles. The Kier molecular flexibility index (Phi) is 3.17. The van der Waals surface area contributed by atoms with Gasteiger partial charge in [-0.2, -0.15) is 0 Å². The number of anilines is 1. The molecule has 92 valence electrons. The van der Waals surface area contributed by atoms with Crippen LogP contribution in [-0.4, -0.2) is 30.7 Å². The summed E-state index contributed by atoms with van der Waals surface area (Å²) in [5.41, 5.74) is 7.12. The third-order valence-corrected chi connectivity index (χ3v) is 3.16. The average Bonchev–Trinajstić information content (AvgIpc) is 2.84. The summed E-state index contributed by atoms with van der Waals surface area (Å²) >= 11 is 0. The topological polar surface area (TPSA) is 89.9 Å². The van der Waals surface area contributed by atoms with Crippen LogP contribution >= 0.6 is 12.4 Å². The first-order valence-electron chi connectivity index (χ1n) is 5.37. The molecule has 17 heavy (non-hydrogen) atoms. The molecule has 3 rings (SSSR count). The van der Waals surface area contributed by atoms with Crippen molar-refractivity contribution in [1.29, 1.82) is 0 Å². The third kappa shape index (κ3) is 1.94. The number of aliphatic hydroxyl groups excluding tert-OH is 1. The summed E-state index contributed by atoms with van der Waals surface area (Å²) in [5.74, 6) is 0.405. The van der Waals surface area contributed by atoms with Gasteiger partial charge in [0.15, 0.2) is 11.5 Å². The van der Waals surface area contributed by atoms with Crippen molar-refractivity contribution in [2.24, 2.45) is 0 Å². The van der Waals surface area contributed by atoms with Crippen molar-refractivity contribution in [2.45, 2.75) is 31.4 Å². The van der Waals surface area contributed by atoms with E-state index in [1.165, 1.54) is 6.33 Å². The summed E-state index contributed by atoms with van der Waals surface area (Å²) in [6.45, 7) is 0. The van der Waals surface area contributed by atoms with E-state index in [0.29, 0.717) is 11.3 Å². The molecule has 2 unspecified atom stereocenters. The number of hydrogen-bond acceptors (Lipinski definition) is 5. The number of aromatic nitrogens is 4. The molecule has 0 aliphatic heterocycles. The van der Waals surface area contributed by atoms with Crippen molar-refractivity contribution in [3.05, 3.63) is 12.7 Å². The van der Waals surface area contributed by atoms with E-state index in [0.717, 1.165) is 24.9 Å². The van der Waals surface area contributed by atoms with Gasteiger partial charge in [0.05, 0.1) is 12.4 Å². The smallest absolute Gasteiger partial charge is 0.165 e. The molecule has 0 aromatic carbocycles. The van der Waals surface area contributed by atoms with Crippen molar-refractivity contribution in [3.63, 3.8) is 0 Å². The van der Waals surface area contributed by atoms with Crippen LogP contribution in [0.5, 0.6) is 0 Å². The number of rotatable bonds is 1. The molecule has 0 spiro atoms. The van der Waals surface area contributed by atoms with Gasteiger partial charge in [-0.25, -0.2) is 15.0 Å². The van der Waals surface area contributed by atoms with Gasteiger partial charge >= 0.3 is 0 Å². The minimum atomic E-state index is -0.207. The molecular formula is C10H14ClN5O. The SMILES string of the molecule is Cl.Nc1ncnc2c1ncn2C1CCC(O)C1. The Morgan fingerprint density at radius 3 is 2.82 bits per heavy atom. The van der Waals surface area contributed by atoms with E-state index in [2.05, 4.69) is 15.0 Å². The van der Waals surface area contributed by atoms with Crippen LogP contribution in [0.2, 0.25) is 0 Å². The van der Waals surface area contributed by atoms with Crippen LogP contribution < -0.4 is 5.73 Å². The summed E-state index contributed by atoms with van der Waals surface area (Å²) in [7, 11) is 0. The number of fused-ring (bicyclic) bond motifs is 1. The van der Waals surface area contributed by atoms with Crippen molar-refractivity contribution in [3.8, 4) is 0 Å². The summed E-state index contributed by atoms with van der Waals surface area (Å²) in [5, 5.41) is 9.53. The summed E-state index contributed by atoms with van der Waals surface area (Å²) in [6.07, 6.45) is 5.53. The standard InChI is InChI=1S/C10H13N5O.ClH/c11-9-8-10(13-4-12-9)15(5-14-8)6-1-2-7(16)3-6;/h4-7,16H,1-3H2,(H2,11,12,13);1H. The van der Waals surface area contributed by atoms with Crippen LogP contribution in [-0.2, 0) is 0 Å². The lowest BCUT2D eigenvalue weighted by atomic mass is 10.2. The Bertz CT molecular complexity index is 528. The zero-order chi connectivity index (χ0) is 11.1. The molecule has 3 N–H and O–H groups in total. The van der Waals surface area contributed by atoms with E-state index in [4.69, 9.17) is 5.73 Å². The van der Waals surface area contributed by atoms with E-state index in [9.17, 15) is 5.11 Å². The van der Waals surface area contributed by atoms with Crippen molar-refractivity contribution in [2.75, 3.05) is 5.73 Å². The molecule has 1 saturated carbocycles. The van der Waals surface area contributed by atoms with Gasteiger partial charge in [0.1, 0.15) is 11.8 Å². The number of nitrogens with zero attached hydrogens (tertiary/aromatic N) is 4. The van der Waals surface area contributed by atoms with Gasteiger partial charge in [-0.15, -0.1) is 12.4 Å². The lowest BCUT2D eigenvalue weighted by Crippen LogP contribution is -2.07. The summed E-state index contributed by atoms with van der Waals surface area (Å²) in [6, 6.07) is 0.272. The van der Waals surface area contributed by atoms with E-state index in [1.807, 2.05) is 4.57 Å². The van der Waals surface area contributed by atoms with Crippen molar-refractivity contribution >= 4 is 29.4 Å². The van der Waals surface area contributed by atoms with Gasteiger partial charge in [0.25, 0.3) is 0 Å². The first-order chi connectivity index (χ1) is 7.75. The molecule has 1 aliphatic rings. The van der Waals surface area contributed by atoms with Gasteiger partial charge in [-0.1, -0.05) is 0 Å². The Labute approximate surface area is 104 Å². The molecule has 6 nitrogen and oxygen atoms in total. The number of hydrogen-bond donors (Lipinski definition) is 2. The Morgan fingerprint density at radius 1 is 1.29 bits per heavy atom. The number of aliphatic hydroxyl groups is 1. The fourth-order valence-corrected chi connectivity index (χ4v) is 2.32. The molecular weight excluding hydrogens is 242 g/mol. The van der Waals surface area contributed by atoms with Gasteiger partial charge in [-0.05, 0) is 19.3 Å². The van der Waals surface area contributed by atoms with Crippen molar-refractivity contribution < 1.29 is 5.11 Å². The second-order valence-electron chi connectivity index (χ2n) is 4.20. The van der Waals surface area contributed by atoms with Crippen LogP contribution in [0.1, 0.15) is 25.3 Å². The highest BCUT2D eigenvalue weighted by Gasteiger charge is 2.25. The lowest BCUT2D eigenvalue weighted by Gasteiger charge is -2.11. The first kappa shape index (κ1) is 12.1. The third-order valence-electron chi connectivity index (χ3n) is 3.16. The molecule has 2 aromatic heterocycles. The first-order valence-corrected chi connectivity index (χ1v) is 5.37. The fraction of sp³-hybridized carbons (Fsp3) is 0.500. The Morgan fingerprint density at radius 2 is 2.12 bits per heavy atom. The highest BCUT2D eigenvalue weighted by molar-refractivity contribution is 5.85. The van der Waals surface area contributed by atoms with E-state index in [1.54, 1.807) is 6.33 Å². The largest absolute Gasteiger partial charge is 0.393 e. The predicted octanol–water partition coefficient (Wildman–Crippen LogP) is 0.916. The van der Waals surface area contributed by atoms with E-state index in [-0.39, 0.29) is 24.6 Å². The van der Waals surface area contributed by atoms with Gasteiger partial charge in [-0.3, -0.25) is 0 Å². The lowest BCUT2D eigenvalue weighted by molar-refractivity contribution is 0.178. The maximum Gasteiger partial charge on any atom is 0.165 e. The van der Waals surface area contributed by atoms with Gasteiger partial charge in [0.2, 0.25) is 0 Å². The van der Waals surface area contributed by atoms with Gasteiger partial charge in [0, 0.05) is 6.04 Å². The number of halogens is 1. The molecule has 7 heteroatoms. The molecule has 2 heterocycles. The average molecular weight is 256 g/mol. The second kappa shape index (κ2) is 4.46. The Hall–Kier alpha value is -1.40. The van der Waals surface area contributed by atoms with Crippen LogP contribution in [0, 0.1) is 0 Å². The summed E-state index contributed by atoms with van der Waals surface area (Å²) in [4.78, 5) is 12.3. The quantitative estimate of drug-likeness (QED) is 0.791. The zero-order valence-corrected chi connectivity index (χ0v) is 9.97. The molecule has 0 bridgehead atoms. The molecule has 2 atom stereocenters. The van der Waals surface area contributed by atoms with Crippen LogP contribution in [0.25, 0.3) is 11.2 Å². The second-order valence-corrected chi connectivity index (χ2v) is 4.20. The Balaban J connectivity index is 0.00000108. The van der Waals surface area contributed by atoms with Crippen LogP contribution in [0.15, 0.2) is 12.7 Å². The number of imidazole rings is 1. The predicted molar refractivity (Wildman–Crippen MR) is 65.9 cm³/mol. The highest BCUT2D eigenvalue weighted by Crippen LogP contribution is 2.32. The van der Waals surface area contributed by atoms with Gasteiger partial charge < -0.3 is 15.4 Å². The number of nitrogen functional groups attached to an aromatic ring is 1. The van der Waals surface area contributed by atoms with Crippen LogP contribution in [0.4, 0.5) is 5.82 Å². The molecule has 0 amide bonds. The molecule has 0 radical (unpaired) electrons. The maximum absolute atomic E-state index is 9.53. The monoisotopic (exact) mass is 255 g/mol. The number of nitrogens with two attached hydrogens (primary N) is 1.